The number of nitrogens with zero attached hydrogens (tertiary/aromatic N) is 1. The summed E-state index contributed by atoms with van der Waals surface area (Å²) >= 11 is 0. The van der Waals surface area contributed by atoms with Crippen LogP contribution in [0.15, 0.2) is 24.3 Å². The predicted octanol–water partition coefficient (Wildman–Crippen LogP) is 4.84. The highest BCUT2D eigenvalue weighted by atomic mass is 19.4. The summed E-state index contributed by atoms with van der Waals surface area (Å²) in [7, 11) is 1.47. The second-order valence-electron chi connectivity index (χ2n) is 6.80. The number of hydrogen-bond donors (Lipinski definition) is 2. The Labute approximate surface area is 152 Å². The Bertz CT molecular complexity index is 623. The number of nitrogens with one attached hydrogen (secondary N) is 2. The first-order valence-corrected chi connectivity index (χ1v) is 9.04. The number of carbonyl (C=O) groups excluding carboxylic acids is 1. The highest BCUT2D eigenvalue weighted by molar-refractivity contribution is 5.97. The standard InChI is InChI=1S/C19H26F3N3O/c1-24-18(26)25(13-14-8-4-2-3-5-9-14)17(23)12-15-10-6-7-11-16(15)19(20,21)22/h6-7,10-11,14,23H,2-5,8-9,12-13H2,1H3,(H,24,26). The van der Waals surface area contributed by atoms with Crippen LogP contribution in [-0.2, 0) is 12.6 Å². The van der Waals surface area contributed by atoms with Gasteiger partial charge in [0.05, 0.1) is 5.56 Å². The van der Waals surface area contributed by atoms with E-state index in [-0.39, 0.29) is 23.7 Å². The third kappa shape index (κ3) is 5.47. The van der Waals surface area contributed by atoms with E-state index in [0.29, 0.717) is 6.54 Å². The summed E-state index contributed by atoms with van der Waals surface area (Å²) in [6.07, 6.45) is 1.80. The summed E-state index contributed by atoms with van der Waals surface area (Å²) in [5, 5.41) is 10.8. The molecular weight excluding hydrogens is 343 g/mol. The van der Waals surface area contributed by atoms with Crippen molar-refractivity contribution >= 4 is 11.9 Å². The minimum Gasteiger partial charge on any atom is -0.341 e. The van der Waals surface area contributed by atoms with Gasteiger partial charge >= 0.3 is 12.2 Å². The molecule has 0 radical (unpaired) electrons. The number of rotatable bonds is 4. The Kier molecular flexibility index (Phi) is 7.06. The molecule has 1 aromatic carbocycles. The first-order valence-electron chi connectivity index (χ1n) is 9.04. The van der Waals surface area contributed by atoms with Gasteiger partial charge in [-0.3, -0.25) is 10.3 Å². The lowest BCUT2D eigenvalue weighted by molar-refractivity contribution is -0.138. The Morgan fingerprint density at radius 2 is 1.81 bits per heavy atom. The molecule has 0 heterocycles. The molecule has 1 aliphatic carbocycles. The summed E-state index contributed by atoms with van der Waals surface area (Å²) in [5.41, 5.74) is -0.740. The molecule has 0 saturated heterocycles. The van der Waals surface area contributed by atoms with Crippen LogP contribution in [0.1, 0.15) is 49.7 Å². The van der Waals surface area contributed by atoms with E-state index in [1.807, 2.05) is 0 Å². The summed E-state index contributed by atoms with van der Waals surface area (Å²) in [6, 6.07) is 4.79. The SMILES string of the molecule is CNC(=O)N(CC1CCCCCC1)C(=N)Cc1ccccc1C(F)(F)F. The fraction of sp³-hybridized carbons (Fsp3) is 0.579. The molecule has 1 fully saturated rings. The third-order valence-electron chi connectivity index (χ3n) is 4.88. The molecule has 1 aromatic rings. The molecule has 2 N–H and O–H groups in total. The molecule has 26 heavy (non-hydrogen) atoms. The van der Waals surface area contributed by atoms with E-state index < -0.39 is 17.8 Å². The van der Waals surface area contributed by atoms with Crippen molar-refractivity contribution in [2.45, 2.75) is 51.1 Å². The number of amides is 2. The third-order valence-corrected chi connectivity index (χ3v) is 4.88. The lowest BCUT2D eigenvalue weighted by Gasteiger charge is -2.27. The van der Waals surface area contributed by atoms with Crippen molar-refractivity contribution in [2.75, 3.05) is 13.6 Å². The maximum atomic E-state index is 13.2. The number of alkyl halides is 3. The molecule has 144 valence electrons. The lowest BCUT2D eigenvalue weighted by atomic mass is 9.98. The Balaban J connectivity index is 2.16. The molecule has 2 amide bonds. The number of carbonyl (C=O) groups is 1. The Morgan fingerprint density at radius 1 is 1.19 bits per heavy atom. The topological polar surface area (TPSA) is 56.2 Å². The molecule has 0 spiro atoms. The number of hydrogen-bond acceptors (Lipinski definition) is 2. The zero-order chi connectivity index (χ0) is 19.2. The van der Waals surface area contributed by atoms with Crippen molar-refractivity contribution < 1.29 is 18.0 Å². The lowest BCUT2D eigenvalue weighted by Crippen LogP contribution is -2.45. The number of halogens is 3. The van der Waals surface area contributed by atoms with Gasteiger partial charge in [0.25, 0.3) is 0 Å². The van der Waals surface area contributed by atoms with Crippen molar-refractivity contribution in [2.24, 2.45) is 5.92 Å². The van der Waals surface area contributed by atoms with Crippen LogP contribution in [0.25, 0.3) is 0 Å². The van der Waals surface area contributed by atoms with E-state index in [1.54, 1.807) is 0 Å². The number of urea groups is 1. The van der Waals surface area contributed by atoms with Crippen LogP contribution in [0.4, 0.5) is 18.0 Å². The summed E-state index contributed by atoms with van der Waals surface area (Å²) in [4.78, 5) is 13.5. The van der Waals surface area contributed by atoms with Gasteiger partial charge in [-0.05, 0) is 30.4 Å². The van der Waals surface area contributed by atoms with Gasteiger partial charge in [0, 0.05) is 20.0 Å². The molecule has 7 heteroatoms. The Hall–Kier alpha value is -2.05. The van der Waals surface area contributed by atoms with Crippen LogP contribution in [0.3, 0.4) is 0 Å². The summed E-state index contributed by atoms with van der Waals surface area (Å²) in [5.74, 6) is 0.179. The summed E-state index contributed by atoms with van der Waals surface area (Å²) in [6.45, 7) is 0.382. The molecule has 0 aromatic heterocycles. The first kappa shape index (κ1) is 20.3. The van der Waals surface area contributed by atoms with Gasteiger partial charge < -0.3 is 5.32 Å². The fourth-order valence-electron chi connectivity index (χ4n) is 3.48. The quantitative estimate of drug-likeness (QED) is 0.445. The minimum absolute atomic E-state index is 0.0137. The van der Waals surface area contributed by atoms with Crippen LogP contribution >= 0.6 is 0 Å². The zero-order valence-electron chi connectivity index (χ0n) is 15.0. The number of benzene rings is 1. The largest absolute Gasteiger partial charge is 0.416 e. The highest BCUT2D eigenvalue weighted by Gasteiger charge is 2.33. The Morgan fingerprint density at radius 3 is 2.38 bits per heavy atom. The van der Waals surface area contributed by atoms with E-state index in [0.717, 1.165) is 31.7 Å². The molecule has 0 unspecified atom stereocenters. The molecule has 0 atom stereocenters. The minimum atomic E-state index is -4.48. The number of amidine groups is 1. The normalized spacial score (nSPS) is 16.0. The summed E-state index contributed by atoms with van der Waals surface area (Å²) < 4.78 is 39.5. The average Bonchev–Trinajstić information content (AvgIpc) is 2.87. The van der Waals surface area contributed by atoms with Gasteiger partial charge in [0.2, 0.25) is 0 Å². The average molecular weight is 369 g/mol. The van der Waals surface area contributed by atoms with E-state index in [2.05, 4.69) is 5.32 Å². The predicted molar refractivity (Wildman–Crippen MR) is 95.2 cm³/mol. The van der Waals surface area contributed by atoms with Crippen LogP contribution in [0.2, 0.25) is 0 Å². The smallest absolute Gasteiger partial charge is 0.341 e. The van der Waals surface area contributed by atoms with E-state index in [9.17, 15) is 18.0 Å². The highest BCUT2D eigenvalue weighted by Crippen LogP contribution is 2.32. The molecule has 4 nitrogen and oxygen atoms in total. The fourth-order valence-corrected chi connectivity index (χ4v) is 3.48. The van der Waals surface area contributed by atoms with Crippen LogP contribution in [0, 0.1) is 11.3 Å². The van der Waals surface area contributed by atoms with Crippen molar-refractivity contribution in [1.29, 1.82) is 5.41 Å². The first-order chi connectivity index (χ1) is 12.3. The van der Waals surface area contributed by atoms with E-state index in [4.69, 9.17) is 5.41 Å². The molecule has 2 rings (SSSR count). The van der Waals surface area contributed by atoms with Crippen LogP contribution < -0.4 is 5.32 Å². The molecule has 1 saturated carbocycles. The van der Waals surface area contributed by atoms with Crippen LogP contribution in [0.5, 0.6) is 0 Å². The van der Waals surface area contributed by atoms with Crippen molar-refractivity contribution in [3.05, 3.63) is 35.4 Å². The van der Waals surface area contributed by atoms with Gasteiger partial charge in [-0.2, -0.15) is 13.2 Å². The van der Waals surface area contributed by atoms with Crippen LogP contribution in [-0.4, -0.2) is 30.4 Å². The van der Waals surface area contributed by atoms with Crippen molar-refractivity contribution in [1.82, 2.24) is 10.2 Å². The molecule has 0 bridgehead atoms. The molecule has 0 aliphatic heterocycles. The zero-order valence-corrected chi connectivity index (χ0v) is 15.0. The van der Waals surface area contributed by atoms with E-state index >= 15 is 0 Å². The second-order valence-corrected chi connectivity index (χ2v) is 6.80. The second kappa shape index (κ2) is 9.05. The monoisotopic (exact) mass is 369 g/mol. The maximum Gasteiger partial charge on any atom is 0.416 e. The van der Waals surface area contributed by atoms with Gasteiger partial charge in [0.15, 0.2) is 0 Å². The van der Waals surface area contributed by atoms with Gasteiger partial charge in [-0.25, -0.2) is 4.79 Å². The molecule has 1 aliphatic rings. The van der Waals surface area contributed by atoms with Gasteiger partial charge in [-0.15, -0.1) is 0 Å². The van der Waals surface area contributed by atoms with Gasteiger partial charge in [-0.1, -0.05) is 43.9 Å². The van der Waals surface area contributed by atoms with Crippen molar-refractivity contribution in [3.8, 4) is 0 Å². The van der Waals surface area contributed by atoms with Crippen molar-refractivity contribution in [3.63, 3.8) is 0 Å². The van der Waals surface area contributed by atoms with E-state index in [1.165, 1.54) is 43.0 Å². The molecular formula is C19H26F3N3O. The maximum absolute atomic E-state index is 13.2. The van der Waals surface area contributed by atoms with Gasteiger partial charge in [0.1, 0.15) is 5.84 Å².